The number of carbonyl (C=O) groups excluding carboxylic acids is 3. The van der Waals surface area contributed by atoms with E-state index in [4.69, 9.17) is 9.47 Å². The van der Waals surface area contributed by atoms with Crippen molar-refractivity contribution < 1.29 is 23.9 Å². The van der Waals surface area contributed by atoms with Gasteiger partial charge < -0.3 is 19.7 Å². The zero-order valence-electron chi connectivity index (χ0n) is 15.8. The molecule has 2 amide bonds. The first kappa shape index (κ1) is 21.7. The van der Waals surface area contributed by atoms with Gasteiger partial charge in [0.05, 0.1) is 11.4 Å². The second kappa shape index (κ2) is 8.87. The van der Waals surface area contributed by atoms with Gasteiger partial charge in [-0.2, -0.15) is 0 Å². The zero-order chi connectivity index (χ0) is 19.4. The van der Waals surface area contributed by atoms with Gasteiger partial charge in [0.15, 0.2) is 0 Å². The van der Waals surface area contributed by atoms with Gasteiger partial charge in [-0.3, -0.25) is 9.59 Å². The number of nitrogens with zero attached hydrogens (tertiary/aromatic N) is 1. The minimum atomic E-state index is -0.695. The number of alkyl carbamates (subject to hydrolysis) is 1. The summed E-state index contributed by atoms with van der Waals surface area (Å²) in [6.07, 6.45) is -0.350. The van der Waals surface area contributed by atoms with Crippen LogP contribution in [-0.4, -0.2) is 58.5 Å². The molecule has 1 aliphatic rings. The number of rotatable bonds is 4. The number of alkyl halides is 1. The van der Waals surface area contributed by atoms with E-state index in [9.17, 15) is 14.4 Å². The molecular formula is C17H29BrN2O5. The first-order valence-electron chi connectivity index (χ1n) is 8.50. The Kier molecular flexibility index (Phi) is 7.71. The number of ether oxygens (including phenoxy) is 2. The molecule has 0 aromatic heterocycles. The van der Waals surface area contributed by atoms with Crippen LogP contribution in [0.3, 0.4) is 0 Å². The molecule has 0 aromatic rings. The molecule has 8 heteroatoms. The van der Waals surface area contributed by atoms with E-state index in [1.165, 1.54) is 6.92 Å². The molecule has 7 nitrogen and oxygen atoms in total. The van der Waals surface area contributed by atoms with Crippen molar-refractivity contribution in [1.29, 1.82) is 0 Å². The van der Waals surface area contributed by atoms with Crippen molar-refractivity contribution in [1.82, 2.24) is 10.2 Å². The quantitative estimate of drug-likeness (QED) is 0.557. The molecule has 0 bridgehead atoms. The van der Waals surface area contributed by atoms with E-state index >= 15 is 0 Å². The Morgan fingerprint density at radius 3 is 2.32 bits per heavy atom. The SMILES string of the molecule is CC(=O)O[C@@H]1CN(C(=O)[C@H](NC(=O)OC(C)(C)C)C(C)C)CC[C@H]1Br. The third kappa shape index (κ3) is 7.22. The van der Waals surface area contributed by atoms with Crippen molar-refractivity contribution in [2.24, 2.45) is 5.92 Å². The molecule has 0 radical (unpaired) electrons. The zero-order valence-corrected chi connectivity index (χ0v) is 17.4. The van der Waals surface area contributed by atoms with E-state index in [0.717, 1.165) is 0 Å². The predicted octanol–water partition coefficient (Wildman–Crippen LogP) is 2.46. The first-order valence-corrected chi connectivity index (χ1v) is 9.42. The fourth-order valence-electron chi connectivity index (χ4n) is 2.56. The lowest BCUT2D eigenvalue weighted by atomic mass is 10.0. The van der Waals surface area contributed by atoms with Crippen molar-refractivity contribution in [3.05, 3.63) is 0 Å². The molecule has 1 aliphatic heterocycles. The largest absolute Gasteiger partial charge is 0.459 e. The summed E-state index contributed by atoms with van der Waals surface area (Å²) in [6, 6.07) is -0.695. The van der Waals surface area contributed by atoms with Crippen molar-refractivity contribution in [2.75, 3.05) is 13.1 Å². The smallest absolute Gasteiger partial charge is 0.408 e. The van der Waals surface area contributed by atoms with E-state index in [1.807, 2.05) is 13.8 Å². The van der Waals surface area contributed by atoms with Gasteiger partial charge in [0.1, 0.15) is 17.7 Å². The van der Waals surface area contributed by atoms with Crippen LogP contribution in [0.2, 0.25) is 0 Å². The Labute approximate surface area is 157 Å². The number of hydrogen-bond acceptors (Lipinski definition) is 5. The number of carbonyl (C=O) groups is 3. The molecule has 1 N–H and O–H groups in total. The summed E-state index contributed by atoms with van der Waals surface area (Å²) >= 11 is 3.49. The molecule has 1 rings (SSSR count). The molecular weight excluding hydrogens is 392 g/mol. The minimum Gasteiger partial charge on any atom is -0.459 e. The average molecular weight is 421 g/mol. The molecule has 0 spiro atoms. The summed E-state index contributed by atoms with van der Waals surface area (Å²) in [4.78, 5) is 37.8. The third-order valence-electron chi connectivity index (χ3n) is 3.71. The van der Waals surface area contributed by atoms with Gasteiger partial charge in [-0.15, -0.1) is 0 Å². The van der Waals surface area contributed by atoms with Crippen LogP contribution in [0.1, 0.15) is 48.0 Å². The summed E-state index contributed by atoms with van der Waals surface area (Å²) in [6.45, 7) is 11.2. The Morgan fingerprint density at radius 1 is 1.24 bits per heavy atom. The van der Waals surface area contributed by atoms with Gasteiger partial charge in [0, 0.05) is 13.5 Å². The van der Waals surface area contributed by atoms with Gasteiger partial charge in [-0.1, -0.05) is 29.8 Å². The second-order valence-corrected chi connectivity index (χ2v) is 8.78. The number of piperidine rings is 1. The molecule has 0 aromatic carbocycles. The van der Waals surface area contributed by atoms with Crippen LogP contribution in [0.5, 0.6) is 0 Å². The lowest BCUT2D eigenvalue weighted by Crippen LogP contribution is -2.56. The highest BCUT2D eigenvalue weighted by atomic mass is 79.9. The predicted molar refractivity (Wildman–Crippen MR) is 97.5 cm³/mol. The van der Waals surface area contributed by atoms with Crippen LogP contribution < -0.4 is 5.32 Å². The number of esters is 1. The van der Waals surface area contributed by atoms with Gasteiger partial charge in [0.25, 0.3) is 0 Å². The summed E-state index contributed by atoms with van der Waals surface area (Å²) < 4.78 is 10.5. The van der Waals surface area contributed by atoms with E-state index in [-0.39, 0.29) is 22.6 Å². The van der Waals surface area contributed by atoms with Crippen molar-refractivity contribution in [2.45, 2.75) is 70.5 Å². The van der Waals surface area contributed by atoms with Crippen LogP contribution in [0.15, 0.2) is 0 Å². The maximum atomic E-state index is 12.9. The van der Waals surface area contributed by atoms with Crippen LogP contribution in [-0.2, 0) is 19.1 Å². The van der Waals surface area contributed by atoms with Crippen LogP contribution in [0.4, 0.5) is 4.79 Å². The van der Waals surface area contributed by atoms with Gasteiger partial charge >= 0.3 is 12.1 Å². The monoisotopic (exact) mass is 420 g/mol. The van der Waals surface area contributed by atoms with E-state index in [0.29, 0.717) is 19.5 Å². The summed E-state index contributed by atoms with van der Waals surface area (Å²) in [5, 5.41) is 2.67. The van der Waals surface area contributed by atoms with Gasteiger partial charge in [0.2, 0.25) is 5.91 Å². The third-order valence-corrected chi connectivity index (χ3v) is 4.76. The maximum absolute atomic E-state index is 12.9. The molecule has 0 saturated carbocycles. The van der Waals surface area contributed by atoms with Crippen molar-refractivity contribution >= 4 is 33.9 Å². The van der Waals surface area contributed by atoms with E-state index in [1.54, 1.807) is 25.7 Å². The van der Waals surface area contributed by atoms with Crippen molar-refractivity contribution in [3.8, 4) is 0 Å². The lowest BCUT2D eigenvalue weighted by Gasteiger charge is -2.38. The Bertz CT molecular complexity index is 504. The summed E-state index contributed by atoms with van der Waals surface area (Å²) in [7, 11) is 0. The maximum Gasteiger partial charge on any atom is 0.408 e. The Morgan fingerprint density at radius 2 is 1.84 bits per heavy atom. The number of halogens is 1. The lowest BCUT2D eigenvalue weighted by molar-refractivity contribution is -0.152. The average Bonchev–Trinajstić information content (AvgIpc) is 2.43. The Balaban J connectivity index is 2.78. The fraction of sp³-hybridized carbons (Fsp3) is 0.824. The molecule has 0 unspecified atom stereocenters. The van der Waals surface area contributed by atoms with Crippen LogP contribution >= 0.6 is 15.9 Å². The first-order chi connectivity index (χ1) is 11.4. The number of likely N-dealkylation sites (tertiary alicyclic amines) is 1. The second-order valence-electron chi connectivity index (χ2n) is 7.60. The molecule has 1 heterocycles. The fourth-order valence-corrected chi connectivity index (χ4v) is 3.04. The standard InChI is InChI=1S/C17H29BrN2O5/c1-10(2)14(19-16(23)25-17(4,5)6)15(22)20-8-7-12(18)13(9-20)24-11(3)21/h10,12-14H,7-9H2,1-6H3,(H,19,23)/t12-,13-,14-/m1/s1. The summed E-state index contributed by atoms with van der Waals surface area (Å²) in [5.41, 5.74) is -0.636. The normalized spacial score (nSPS) is 22.3. The minimum absolute atomic E-state index is 0.0109. The molecule has 25 heavy (non-hydrogen) atoms. The van der Waals surface area contributed by atoms with Gasteiger partial charge in [-0.25, -0.2) is 4.79 Å². The topological polar surface area (TPSA) is 84.9 Å². The molecule has 1 saturated heterocycles. The van der Waals surface area contributed by atoms with Gasteiger partial charge in [-0.05, 0) is 33.1 Å². The molecule has 144 valence electrons. The highest BCUT2D eigenvalue weighted by Crippen LogP contribution is 2.22. The Hall–Kier alpha value is -1.31. The number of hydrogen-bond donors (Lipinski definition) is 1. The van der Waals surface area contributed by atoms with Crippen LogP contribution in [0.25, 0.3) is 0 Å². The van der Waals surface area contributed by atoms with Crippen molar-refractivity contribution in [3.63, 3.8) is 0 Å². The van der Waals surface area contributed by atoms with E-state index < -0.39 is 23.8 Å². The molecule has 3 atom stereocenters. The van der Waals surface area contributed by atoms with E-state index in [2.05, 4.69) is 21.2 Å². The highest BCUT2D eigenvalue weighted by Gasteiger charge is 2.36. The number of amides is 2. The van der Waals surface area contributed by atoms with Crippen LogP contribution in [0, 0.1) is 5.92 Å². The highest BCUT2D eigenvalue weighted by molar-refractivity contribution is 9.09. The molecule has 1 fully saturated rings. The summed E-state index contributed by atoms with van der Waals surface area (Å²) in [5.74, 6) is -0.678. The number of nitrogens with one attached hydrogen (secondary N) is 1. The molecule has 0 aliphatic carbocycles.